The first-order valence-corrected chi connectivity index (χ1v) is 10.1. The van der Waals surface area contributed by atoms with Gasteiger partial charge in [-0.1, -0.05) is 31.9 Å². The van der Waals surface area contributed by atoms with Crippen LogP contribution >= 0.6 is 0 Å². The Hall–Kier alpha value is -3.22. The summed E-state index contributed by atoms with van der Waals surface area (Å²) in [5.74, 6) is -0.638. The Labute approximate surface area is 175 Å². The molecular formula is C23H25FN2O4. The molecule has 0 radical (unpaired) electrons. The lowest BCUT2D eigenvalue weighted by atomic mass is 9.84. The van der Waals surface area contributed by atoms with Crippen LogP contribution in [0.5, 0.6) is 5.75 Å². The van der Waals surface area contributed by atoms with Crippen molar-refractivity contribution in [1.82, 2.24) is 10.2 Å². The molecule has 1 N–H and O–H groups in total. The Kier molecular flexibility index (Phi) is 6.50. The van der Waals surface area contributed by atoms with E-state index in [2.05, 4.69) is 5.32 Å². The summed E-state index contributed by atoms with van der Waals surface area (Å²) in [7, 11) is 0. The predicted molar refractivity (Wildman–Crippen MR) is 110 cm³/mol. The number of hydrogen-bond acceptors (Lipinski definition) is 4. The van der Waals surface area contributed by atoms with E-state index in [0.29, 0.717) is 36.3 Å². The molecule has 1 aliphatic rings. The van der Waals surface area contributed by atoms with Gasteiger partial charge in [0.05, 0.1) is 13.2 Å². The average Bonchev–Trinajstić information content (AvgIpc) is 2.98. The molecule has 7 heteroatoms. The number of Topliss-reactive ketones (excluding diaryl/α,β-unsaturated/α-hetero) is 1. The third kappa shape index (κ3) is 4.20. The van der Waals surface area contributed by atoms with Crippen LogP contribution < -0.4 is 10.1 Å². The number of urea groups is 1. The number of ether oxygens (including phenoxy) is 1. The van der Waals surface area contributed by atoms with Gasteiger partial charge in [0.15, 0.2) is 5.78 Å². The Morgan fingerprint density at radius 3 is 2.33 bits per heavy atom. The van der Waals surface area contributed by atoms with E-state index in [1.54, 1.807) is 24.3 Å². The highest BCUT2D eigenvalue weighted by Crippen LogP contribution is 2.34. The molecule has 1 aliphatic heterocycles. The van der Waals surface area contributed by atoms with E-state index in [0.717, 1.165) is 11.3 Å². The van der Waals surface area contributed by atoms with Crippen LogP contribution in [0, 0.1) is 5.82 Å². The number of imide groups is 1. The van der Waals surface area contributed by atoms with E-state index in [4.69, 9.17) is 4.74 Å². The fourth-order valence-corrected chi connectivity index (χ4v) is 3.59. The second kappa shape index (κ2) is 9.07. The smallest absolute Gasteiger partial charge is 0.325 e. The van der Waals surface area contributed by atoms with Gasteiger partial charge in [0.2, 0.25) is 0 Å². The van der Waals surface area contributed by atoms with E-state index in [9.17, 15) is 18.8 Å². The summed E-state index contributed by atoms with van der Waals surface area (Å²) in [6.07, 6.45) is 1.87. The van der Waals surface area contributed by atoms with Gasteiger partial charge < -0.3 is 10.1 Å². The number of amides is 3. The van der Waals surface area contributed by atoms with Gasteiger partial charge in [-0.25, -0.2) is 9.18 Å². The number of carbonyl (C=O) groups is 3. The quantitative estimate of drug-likeness (QED) is 0.498. The minimum absolute atomic E-state index is 0.355. The molecule has 2 aromatic carbocycles. The second-order valence-corrected chi connectivity index (χ2v) is 7.22. The fraction of sp³-hybridized carbons (Fsp3) is 0.348. The van der Waals surface area contributed by atoms with E-state index >= 15 is 0 Å². The maximum Gasteiger partial charge on any atom is 0.325 e. The number of carbonyl (C=O) groups excluding carboxylic acids is 3. The third-order valence-corrected chi connectivity index (χ3v) is 5.21. The van der Waals surface area contributed by atoms with Gasteiger partial charge in [-0.05, 0) is 55.3 Å². The van der Waals surface area contributed by atoms with Crippen LogP contribution in [0.25, 0.3) is 0 Å². The molecule has 2 aromatic rings. The number of unbranched alkanes of at least 4 members (excludes halogenated alkanes) is 1. The first-order chi connectivity index (χ1) is 14.4. The van der Waals surface area contributed by atoms with E-state index in [-0.39, 0.29) is 12.3 Å². The van der Waals surface area contributed by atoms with Crippen molar-refractivity contribution in [1.29, 1.82) is 0 Å². The third-order valence-electron chi connectivity index (χ3n) is 5.21. The number of hydrogen-bond donors (Lipinski definition) is 1. The maximum absolute atomic E-state index is 13.4. The minimum Gasteiger partial charge on any atom is -0.494 e. The lowest BCUT2D eigenvalue weighted by Crippen LogP contribution is -2.44. The van der Waals surface area contributed by atoms with Crippen LogP contribution in [0.4, 0.5) is 9.18 Å². The number of ketones is 1. The standard InChI is InChI=1S/C23H25FN2O4/c1-3-5-14-23(17-8-10-18(24)11-9-17)21(28)26(22(29)25-23)15-20(27)16-6-12-19(13-7-16)30-4-2/h6-13H,3-5,14-15H2,1-2H3,(H,25,29)/t23-/m0/s1. The summed E-state index contributed by atoms with van der Waals surface area (Å²) in [6.45, 7) is 3.99. The zero-order valence-corrected chi connectivity index (χ0v) is 17.1. The highest BCUT2D eigenvalue weighted by atomic mass is 19.1. The summed E-state index contributed by atoms with van der Waals surface area (Å²) in [5, 5.41) is 2.76. The lowest BCUT2D eigenvalue weighted by Gasteiger charge is -2.27. The van der Waals surface area contributed by atoms with Crippen molar-refractivity contribution in [2.75, 3.05) is 13.2 Å². The molecule has 30 heavy (non-hydrogen) atoms. The van der Waals surface area contributed by atoms with Crippen molar-refractivity contribution in [3.8, 4) is 5.75 Å². The zero-order chi connectivity index (χ0) is 21.7. The molecule has 158 valence electrons. The maximum atomic E-state index is 13.4. The van der Waals surface area contributed by atoms with E-state index < -0.39 is 23.3 Å². The predicted octanol–water partition coefficient (Wildman–Crippen LogP) is 4.04. The molecule has 1 saturated heterocycles. The largest absolute Gasteiger partial charge is 0.494 e. The summed E-state index contributed by atoms with van der Waals surface area (Å²) in [5.41, 5.74) is -0.404. The minimum atomic E-state index is -1.29. The van der Waals surface area contributed by atoms with Crippen LogP contribution in [0.2, 0.25) is 0 Å². The summed E-state index contributed by atoms with van der Waals surface area (Å²) < 4.78 is 18.8. The molecule has 0 unspecified atom stereocenters. The first kappa shape index (κ1) is 21.5. The van der Waals surface area contributed by atoms with Crippen molar-refractivity contribution in [3.63, 3.8) is 0 Å². The van der Waals surface area contributed by atoms with Gasteiger partial charge in [0.1, 0.15) is 17.1 Å². The van der Waals surface area contributed by atoms with Crippen LogP contribution in [0.1, 0.15) is 49.0 Å². The first-order valence-electron chi connectivity index (χ1n) is 10.1. The molecule has 0 aromatic heterocycles. The molecule has 0 bridgehead atoms. The van der Waals surface area contributed by atoms with Gasteiger partial charge in [-0.3, -0.25) is 14.5 Å². The summed E-state index contributed by atoms with van der Waals surface area (Å²) in [4.78, 5) is 39.6. The van der Waals surface area contributed by atoms with Gasteiger partial charge in [-0.15, -0.1) is 0 Å². The van der Waals surface area contributed by atoms with Crippen LogP contribution in [-0.2, 0) is 10.3 Å². The number of nitrogens with zero attached hydrogens (tertiary/aromatic N) is 1. The lowest BCUT2D eigenvalue weighted by molar-refractivity contribution is -0.131. The number of benzene rings is 2. The molecule has 3 rings (SSSR count). The SMILES string of the molecule is CCCC[C@@]1(c2ccc(F)cc2)NC(=O)N(CC(=O)c2ccc(OCC)cc2)C1=O. The molecule has 1 heterocycles. The Morgan fingerprint density at radius 1 is 1.07 bits per heavy atom. The number of halogens is 1. The van der Waals surface area contributed by atoms with Crippen LogP contribution in [0.15, 0.2) is 48.5 Å². The number of nitrogens with one attached hydrogen (secondary N) is 1. The Balaban J connectivity index is 1.83. The number of rotatable bonds is 9. The molecule has 3 amide bonds. The molecule has 0 spiro atoms. The van der Waals surface area contributed by atoms with Crippen molar-refractivity contribution >= 4 is 17.7 Å². The zero-order valence-electron chi connectivity index (χ0n) is 17.1. The van der Waals surface area contributed by atoms with Gasteiger partial charge in [0, 0.05) is 5.56 Å². The second-order valence-electron chi connectivity index (χ2n) is 7.22. The molecule has 6 nitrogen and oxygen atoms in total. The van der Waals surface area contributed by atoms with Crippen molar-refractivity contribution in [2.24, 2.45) is 0 Å². The van der Waals surface area contributed by atoms with Crippen LogP contribution in [0.3, 0.4) is 0 Å². The van der Waals surface area contributed by atoms with Crippen molar-refractivity contribution < 1.29 is 23.5 Å². The van der Waals surface area contributed by atoms with Crippen LogP contribution in [-0.4, -0.2) is 35.8 Å². The van der Waals surface area contributed by atoms with Crippen molar-refractivity contribution in [2.45, 2.75) is 38.6 Å². The molecule has 1 atom stereocenters. The Bertz CT molecular complexity index is 927. The van der Waals surface area contributed by atoms with Crippen molar-refractivity contribution in [3.05, 3.63) is 65.5 Å². The van der Waals surface area contributed by atoms with E-state index in [1.807, 2.05) is 13.8 Å². The molecule has 0 aliphatic carbocycles. The Morgan fingerprint density at radius 2 is 1.73 bits per heavy atom. The highest BCUT2D eigenvalue weighted by Gasteiger charge is 2.52. The summed E-state index contributed by atoms with van der Waals surface area (Å²) in [6, 6.07) is 11.5. The monoisotopic (exact) mass is 412 g/mol. The topological polar surface area (TPSA) is 75.7 Å². The fourth-order valence-electron chi connectivity index (χ4n) is 3.59. The highest BCUT2D eigenvalue weighted by molar-refractivity contribution is 6.11. The van der Waals surface area contributed by atoms with Gasteiger partial charge in [-0.2, -0.15) is 0 Å². The summed E-state index contributed by atoms with van der Waals surface area (Å²) >= 11 is 0. The van der Waals surface area contributed by atoms with E-state index in [1.165, 1.54) is 24.3 Å². The van der Waals surface area contributed by atoms with Gasteiger partial charge >= 0.3 is 6.03 Å². The average molecular weight is 412 g/mol. The molecule has 1 fully saturated rings. The molecule has 0 saturated carbocycles. The van der Waals surface area contributed by atoms with Gasteiger partial charge in [0.25, 0.3) is 5.91 Å². The molecular weight excluding hydrogens is 387 g/mol. The normalized spacial score (nSPS) is 18.4.